The first-order valence-electron chi connectivity index (χ1n) is 7.53. The fourth-order valence-corrected chi connectivity index (χ4v) is 2.47. The van der Waals surface area contributed by atoms with E-state index in [1.165, 1.54) is 37.3 Å². The van der Waals surface area contributed by atoms with Gasteiger partial charge in [-0.3, -0.25) is 9.59 Å². The monoisotopic (exact) mass is 373 g/mol. The van der Waals surface area contributed by atoms with E-state index in [0.29, 0.717) is 22.6 Å². The first-order chi connectivity index (χ1) is 12.4. The minimum Gasteiger partial charge on any atom is -0.350 e. The molecule has 0 aliphatic rings. The maximum Gasteiger partial charge on any atom is 0.294 e. The van der Waals surface area contributed by atoms with Gasteiger partial charge in [0.15, 0.2) is 0 Å². The van der Waals surface area contributed by atoms with Crippen molar-refractivity contribution in [3.05, 3.63) is 65.1 Å². The number of benzene rings is 2. The fraction of sp³-hybridized carbons (Fsp3) is 0.0556. The van der Waals surface area contributed by atoms with Crippen LogP contribution in [0.25, 0.3) is 11.3 Å². The Kier molecular flexibility index (Phi) is 4.99. The highest BCUT2D eigenvalue weighted by Gasteiger charge is 2.15. The summed E-state index contributed by atoms with van der Waals surface area (Å²) in [6.07, 6.45) is 0. The maximum atomic E-state index is 13.3. The van der Waals surface area contributed by atoms with Crippen LogP contribution in [0.1, 0.15) is 17.5 Å². The lowest BCUT2D eigenvalue weighted by atomic mass is 10.1. The molecule has 3 rings (SSSR count). The van der Waals surface area contributed by atoms with Gasteiger partial charge in [0.1, 0.15) is 11.5 Å². The van der Waals surface area contributed by atoms with Crippen molar-refractivity contribution in [3.8, 4) is 11.3 Å². The average molecular weight is 374 g/mol. The number of halogens is 2. The number of amides is 2. The SMILES string of the molecule is CC(=O)Nc1ccc(NC(=O)c2cc(-c3cccc(F)c3)no2)cc1Cl. The Morgan fingerprint density at radius 3 is 2.62 bits per heavy atom. The minimum absolute atomic E-state index is 0.0358. The third-order valence-corrected chi connectivity index (χ3v) is 3.70. The van der Waals surface area contributed by atoms with Gasteiger partial charge in [-0.05, 0) is 30.3 Å². The van der Waals surface area contributed by atoms with Crippen LogP contribution in [-0.2, 0) is 4.79 Å². The van der Waals surface area contributed by atoms with Crippen molar-refractivity contribution in [2.75, 3.05) is 10.6 Å². The van der Waals surface area contributed by atoms with Gasteiger partial charge in [0, 0.05) is 24.2 Å². The Hall–Kier alpha value is -3.19. The topological polar surface area (TPSA) is 84.2 Å². The van der Waals surface area contributed by atoms with Crippen LogP contribution in [0.5, 0.6) is 0 Å². The highest BCUT2D eigenvalue weighted by atomic mass is 35.5. The van der Waals surface area contributed by atoms with Gasteiger partial charge in [0.2, 0.25) is 11.7 Å². The summed E-state index contributed by atoms with van der Waals surface area (Å²) >= 11 is 6.06. The Morgan fingerprint density at radius 1 is 1.12 bits per heavy atom. The number of rotatable bonds is 4. The smallest absolute Gasteiger partial charge is 0.294 e. The number of hydrogen-bond acceptors (Lipinski definition) is 4. The van der Waals surface area contributed by atoms with E-state index in [1.54, 1.807) is 18.2 Å². The third-order valence-electron chi connectivity index (χ3n) is 3.39. The zero-order valence-corrected chi connectivity index (χ0v) is 14.3. The zero-order chi connectivity index (χ0) is 18.7. The van der Waals surface area contributed by atoms with Crippen molar-refractivity contribution in [2.24, 2.45) is 0 Å². The van der Waals surface area contributed by atoms with Gasteiger partial charge in [-0.2, -0.15) is 0 Å². The second-order valence-electron chi connectivity index (χ2n) is 5.42. The van der Waals surface area contributed by atoms with Gasteiger partial charge in [-0.15, -0.1) is 0 Å². The summed E-state index contributed by atoms with van der Waals surface area (Å²) in [7, 11) is 0. The first-order valence-corrected chi connectivity index (χ1v) is 7.91. The molecule has 0 radical (unpaired) electrons. The summed E-state index contributed by atoms with van der Waals surface area (Å²) < 4.78 is 18.3. The van der Waals surface area contributed by atoms with Crippen molar-refractivity contribution < 1.29 is 18.5 Å². The van der Waals surface area contributed by atoms with Crippen LogP contribution in [0.15, 0.2) is 53.1 Å². The molecule has 0 saturated heterocycles. The van der Waals surface area contributed by atoms with Gasteiger partial charge in [0.05, 0.1) is 10.7 Å². The van der Waals surface area contributed by atoms with E-state index in [1.807, 2.05) is 0 Å². The van der Waals surface area contributed by atoms with E-state index in [-0.39, 0.29) is 16.7 Å². The van der Waals surface area contributed by atoms with Crippen LogP contribution in [0.2, 0.25) is 5.02 Å². The second-order valence-corrected chi connectivity index (χ2v) is 5.82. The van der Waals surface area contributed by atoms with E-state index in [0.717, 1.165) is 0 Å². The lowest BCUT2D eigenvalue weighted by Crippen LogP contribution is -2.11. The molecule has 0 unspecified atom stereocenters. The number of carbonyl (C=O) groups is 2. The molecule has 3 aromatic rings. The standard InChI is InChI=1S/C18H13ClFN3O3/c1-10(24)21-15-6-5-13(8-14(15)19)22-18(25)17-9-16(23-26-17)11-3-2-4-12(20)7-11/h2-9H,1H3,(H,21,24)(H,22,25). The highest BCUT2D eigenvalue weighted by Crippen LogP contribution is 2.26. The molecular weight excluding hydrogens is 361 g/mol. The Labute approximate surface area is 152 Å². The molecule has 2 amide bonds. The quantitative estimate of drug-likeness (QED) is 0.712. The molecule has 6 nitrogen and oxygen atoms in total. The third kappa shape index (κ3) is 4.07. The summed E-state index contributed by atoms with van der Waals surface area (Å²) in [5.74, 6) is -1.24. The molecule has 0 fully saturated rings. The number of aromatic nitrogens is 1. The lowest BCUT2D eigenvalue weighted by molar-refractivity contribution is -0.114. The number of nitrogens with one attached hydrogen (secondary N) is 2. The largest absolute Gasteiger partial charge is 0.350 e. The molecule has 1 heterocycles. The summed E-state index contributed by atoms with van der Waals surface area (Å²) in [6, 6.07) is 11.9. The summed E-state index contributed by atoms with van der Waals surface area (Å²) in [4.78, 5) is 23.3. The van der Waals surface area contributed by atoms with Gasteiger partial charge in [-0.25, -0.2) is 4.39 Å². The van der Waals surface area contributed by atoms with E-state index in [2.05, 4.69) is 15.8 Å². The second kappa shape index (κ2) is 7.37. The molecule has 2 N–H and O–H groups in total. The molecule has 132 valence electrons. The van der Waals surface area contributed by atoms with E-state index < -0.39 is 11.7 Å². The molecule has 0 bridgehead atoms. The van der Waals surface area contributed by atoms with Gasteiger partial charge < -0.3 is 15.2 Å². The lowest BCUT2D eigenvalue weighted by Gasteiger charge is -2.08. The molecule has 26 heavy (non-hydrogen) atoms. The van der Waals surface area contributed by atoms with Gasteiger partial charge >= 0.3 is 0 Å². The minimum atomic E-state index is -0.538. The molecule has 2 aromatic carbocycles. The average Bonchev–Trinajstić information content (AvgIpc) is 3.07. The number of hydrogen-bond donors (Lipinski definition) is 2. The van der Waals surface area contributed by atoms with E-state index in [4.69, 9.17) is 16.1 Å². The maximum absolute atomic E-state index is 13.3. The predicted octanol–water partition coefficient (Wildman–Crippen LogP) is 4.34. The van der Waals surface area contributed by atoms with Crippen LogP contribution in [-0.4, -0.2) is 17.0 Å². The van der Waals surface area contributed by atoms with Crippen molar-refractivity contribution in [1.82, 2.24) is 5.16 Å². The van der Waals surface area contributed by atoms with Crippen molar-refractivity contribution in [3.63, 3.8) is 0 Å². The fourth-order valence-electron chi connectivity index (χ4n) is 2.24. The van der Waals surface area contributed by atoms with Crippen molar-refractivity contribution in [2.45, 2.75) is 6.92 Å². The van der Waals surface area contributed by atoms with Gasteiger partial charge in [0.25, 0.3) is 5.91 Å². The molecule has 0 aliphatic carbocycles. The Morgan fingerprint density at radius 2 is 1.92 bits per heavy atom. The first kappa shape index (κ1) is 17.6. The summed E-state index contributed by atoms with van der Waals surface area (Å²) in [6.45, 7) is 1.37. The van der Waals surface area contributed by atoms with E-state index >= 15 is 0 Å². The molecule has 0 spiro atoms. The number of nitrogens with zero attached hydrogens (tertiary/aromatic N) is 1. The summed E-state index contributed by atoms with van der Waals surface area (Å²) in [5, 5.41) is 9.23. The Bertz CT molecular complexity index is 987. The highest BCUT2D eigenvalue weighted by molar-refractivity contribution is 6.34. The molecular formula is C18H13ClFN3O3. The van der Waals surface area contributed by atoms with Crippen LogP contribution in [0.3, 0.4) is 0 Å². The molecule has 8 heteroatoms. The normalized spacial score (nSPS) is 10.4. The number of carbonyl (C=O) groups excluding carboxylic acids is 2. The molecule has 1 aromatic heterocycles. The number of anilines is 2. The van der Waals surface area contributed by atoms with Gasteiger partial charge in [-0.1, -0.05) is 28.9 Å². The zero-order valence-electron chi connectivity index (χ0n) is 13.5. The molecule has 0 saturated carbocycles. The van der Waals surface area contributed by atoms with Crippen molar-refractivity contribution >= 4 is 34.8 Å². The van der Waals surface area contributed by atoms with Crippen LogP contribution < -0.4 is 10.6 Å². The molecule has 0 aliphatic heterocycles. The van der Waals surface area contributed by atoms with E-state index in [9.17, 15) is 14.0 Å². The van der Waals surface area contributed by atoms with Crippen LogP contribution >= 0.6 is 11.6 Å². The summed E-state index contributed by atoms with van der Waals surface area (Å²) in [5.41, 5.74) is 1.69. The van der Waals surface area contributed by atoms with Crippen LogP contribution in [0.4, 0.5) is 15.8 Å². The predicted molar refractivity (Wildman–Crippen MR) is 95.6 cm³/mol. The van der Waals surface area contributed by atoms with Crippen molar-refractivity contribution in [1.29, 1.82) is 0 Å². The molecule has 0 atom stereocenters. The van der Waals surface area contributed by atoms with Crippen LogP contribution in [0, 0.1) is 5.82 Å². The Balaban J connectivity index is 1.74.